The van der Waals surface area contributed by atoms with Crippen molar-refractivity contribution in [1.82, 2.24) is 16.0 Å². The van der Waals surface area contributed by atoms with E-state index >= 15 is 0 Å². The van der Waals surface area contributed by atoms with Gasteiger partial charge >= 0.3 is 0 Å². The summed E-state index contributed by atoms with van der Waals surface area (Å²) < 4.78 is 23.3. The zero-order valence-electron chi connectivity index (χ0n) is 16.8. The summed E-state index contributed by atoms with van der Waals surface area (Å²) in [5.74, 6) is 1.15. The van der Waals surface area contributed by atoms with Crippen molar-refractivity contribution in [3.63, 3.8) is 0 Å². The molecule has 3 N–H and O–H groups in total. The maximum absolute atomic E-state index is 11.7. The summed E-state index contributed by atoms with van der Waals surface area (Å²) in [6.07, 6.45) is 5.36. The van der Waals surface area contributed by atoms with Crippen molar-refractivity contribution in [3.8, 4) is 0 Å². The van der Waals surface area contributed by atoms with Gasteiger partial charge in [0.1, 0.15) is 0 Å². The molecule has 0 bridgehead atoms. The second kappa shape index (κ2) is 10.2. The molecular formula is C20H33IN4O2S. The number of hydrogen-bond acceptors (Lipinski definition) is 4. The molecule has 2 fully saturated rings. The molecule has 2 aliphatic rings. The Labute approximate surface area is 186 Å². The van der Waals surface area contributed by atoms with Crippen LogP contribution in [0.1, 0.15) is 50.6 Å². The Balaban J connectivity index is 0.00000280. The molecule has 1 saturated carbocycles. The van der Waals surface area contributed by atoms with Crippen molar-refractivity contribution < 1.29 is 8.42 Å². The van der Waals surface area contributed by atoms with Crippen molar-refractivity contribution in [1.29, 1.82) is 0 Å². The van der Waals surface area contributed by atoms with Crippen LogP contribution in [0.3, 0.4) is 0 Å². The van der Waals surface area contributed by atoms with Gasteiger partial charge in [-0.15, -0.1) is 24.0 Å². The second-order valence-corrected chi connectivity index (χ2v) is 10.2. The van der Waals surface area contributed by atoms with Gasteiger partial charge in [-0.2, -0.15) is 0 Å². The van der Waals surface area contributed by atoms with Crippen LogP contribution in [0.4, 0.5) is 0 Å². The van der Waals surface area contributed by atoms with Crippen molar-refractivity contribution in [3.05, 3.63) is 35.9 Å². The molecular weight excluding hydrogens is 487 g/mol. The van der Waals surface area contributed by atoms with Crippen LogP contribution in [0, 0.1) is 0 Å². The third kappa shape index (κ3) is 6.32. The average molecular weight is 520 g/mol. The van der Waals surface area contributed by atoms with Gasteiger partial charge in [-0.3, -0.25) is 4.99 Å². The third-order valence-corrected chi connectivity index (χ3v) is 7.54. The quantitative estimate of drug-likeness (QED) is 0.305. The number of sulfone groups is 1. The topological polar surface area (TPSA) is 82.6 Å². The minimum absolute atomic E-state index is 0. The van der Waals surface area contributed by atoms with Crippen LogP contribution in [0.15, 0.2) is 35.3 Å². The number of guanidine groups is 1. The maximum Gasteiger partial charge on any atom is 0.191 e. The lowest BCUT2D eigenvalue weighted by Gasteiger charge is -2.35. The van der Waals surface area contributed by atoms with Crippen LogP contribution in [0.2, 0.25) is 0 Å². The van der Waals surface area contributed by atoms with Crippen LogP contribution in [-0.4, -0.2) is 51.1 Å². The summed E-state index contributed by atoms with van der Waals surface area (Å²) in [6, 6.07) is 10.8. The van der Waals surface area contributed by atoms with Gasteiger partial charge in [-0.1, -0.05) is 43.2 Å². The zero-order chi connectivity index (χ0) is 19.3. The largest absolute Gasteiger partial charge is 0.355 e. The first kappa shape index (κ1) is 23.4. The van der Waals surface area contributed by atoms with E-state index in [1.54, 1.807) is 7.05 Å². The van der Waals surface area contributed by atoms with Crippen molar-refractivity contribution >= 4 is 39.8 Å². The molecule has 1 saturated heterocycles. The summed E-state index contributed by atoms with van der Waals surface area (Å²) in [5.41, 5.74) is 1.33. The summed E-state index contributed by atoms with van der Waals surface area (Å²) >= 11 is 0. The molecule has 8 heteroatoms. The van der Waals surface area contributed by atoms with Crippen molar-refractivity contribution in [2.45, 2.75) is 56.7 Å². The lowest BCUT2D eigenvalue weighted by molar-refractivity contribution is 0.296. The van der Waals surface area contributed by atoms with Gasteiger partial charge in [0.15, 0.2) is 15.8 Å². The smallest absolute Gasteiger partial charge is 0.191 e. The number of hydrogen-bond donors (Lipinski definition) is 3. The highest BCUT2D eigenvalue weighted by Gasteiger charge is 2.35. The molecule has 1 aromatic rings. The highest BCUT2D eigenvalue weighted by Crippen LogP contribution is 2.31. The predicted octanol–water partition coefficient (Wildman–Crippen LogP) is 2.62. The first-order chi connectivity index (χ1) is 12.9. The number of nitrogens with one attached hydrogen (secondary N) is 3. The zero-order valence-corrected chi connectivity index (χ0v) is 19.9. The van der Waals surface area contributed by atoms with Gasteiger partial charge in [0, 0.05) is 31.2 Å². The number of nitrogens with zero attached hydrogens (tertiary/aromatic N) is 1. The molecule has 3 rings (SSSR count). The van der Waals surface area contributed by atoms with Crippen LogP contribution < -0.4 is 16.0 Å². The van der Waals surface area contributed by atoms with E-state index in [-0.39, 0.29) is 53.1 Å². The van der Waals surface area contributed by atoms with E-state index in [0.29, 0.717) is 12.4 Å². The van der Waals surface area contributed by atoms with Gasteiger partial charge < -0.3 is 16.0 Å². The van der Waals surface area contributed by atoms with Crippen molar-refractivity contribution in [2.24, 2.45) is 4.99 Å². The highest BCUT2D eigenvalue weighted by molar-refractivity contribution is 14.0. The summed E-state index contributed by atoms with van der Waals surface area (Å²) in [5, 5.41) is 10.6. The Morgan fingerprint density at radius 1 is 1.25 bits per heavy atom. The maximum atomic E-state index is 11.7. The number of benzene rings is 1. The molecule has 0 amide bonds. The van der Waals surface area contributed by atoms with E-state index in [1.165, 1.54) is 18.4 Å². The molecule has 1 heterocycles. The molecule has 6 nitrogen and oxygen atoms in total. The highest BCUT2D eigenvalue weighted by atomic mass is 127. The van der Waals surface area contributed by atoms with Gasteiger partial charge in [-0.25, -0.2) is 8.42 Å². The summed E-state index contributed by atoms with van der Waals surface area (Å²) in [6.45, 7) is 3.00. The van der Waals surface area contributed by atoms with Crippen LogP contribution in [0.5, 0.6) is 0 Å². The average Bonchev–Trinajstić information content (AvgIpc) is 3.25. The van der Waals surface area contributed by atoms with E-state index in [1.807, 2.05) is 6.07 Å². The summed E-state index contributed by atoms with van der Waals surface area (Å²) in [7, 11) is -1.16. The fourth-order valence-corrected chi connectivity index (χ4v) is 5.93. The molecule has 2 unspecified atom stereocenters. The normalized spacial score (nSPS) is 24.4. The van der Waals surface area contributed by atoms with E-state index in [9.17, 15) is 8.42 Å². The van der Waals surface area contributed by atoms with Crippen LogP contribution in [-0.2, 0) is 9.84 Å². The molecule has 158 valence electrons. The van der Waals surface area contributed by atoms with E-state index in [4.69, 9.17) is 0 Å². The fraction of sp³-hybridized carbons (Fsp3) is 0.650. The number of rotatable bonds is 6. The number of halogens is 1. The predicted molar refractivity (Wildman–Crippen MR) is 126 cm³/mol. The van der Waals surface area contributed by atoms with E-state index in [2.05, 4.69) is 52.1 Å². The lowest BCUT2D eigenvalue weighted by atomic mass is 9.94. The van der Waals surface area contributed by atoms with Crippen LogP contribution in [0.25, 0.3) is 0 Å². The molecule has 0 aromatic heterocycles. The Morgan fingerprint density at radius 3 is 2.50 bits per heavy atom. The van der Waals surface area contributed by atoms with E-state index < -0.39 is 9.84 Å². The SMILES string of the molecule is CN=C(NCC1(NC(C)c2ccccc2)CCCC1)NC1CCS(=O)(=O)C1.I. The first-order valence-electron chi connectivity index (χ1n) is 9.92. The van der Waals surface area contributed by atoms with Gasteiger partial charge in [0.2, 0.25) is 0 Å². The second-order valence-electron chi connectivity index (χ2n) is 7.93. The van der Waals surface area contributed by atoms with Gasteiger partial charge in [0.05, 0.1) is 11.5 Å². The first-order valence-corrected chi connectivity index (χ1v) is 11.7. The number of aliphatic imine (C=N–C) groups is 1. The Hall–Kier alpha value is -0.870. The molecule has 2 atom stereocenters. The van der Waals surface area contributed by atoms with Gasteiger partial charge in [-0.05, 0) is 31.7 Å². The summed E-state index contributed by atoms with van der Waals surface area (Å²) in [4.78, 5) is 4.30. The molecule has 28 heavy (non-hydrogen) atoms. The Bertz CT molecular complexity index is 749. The van der Waals surface area contributed by atoms with E-state index in [0.717, 1.165) is 19.4 Å². The minimum Gasteiger partial charge on any atom is -0.355 e. The third-order valence-electron chi connectivity index (χ3n) is 5.77. The Morgan fingerprint density at radius 2 is 1.93 bits per heavy atom. The molecule has 0 radical (unpaired) electrons. The molecule has 0 spiro atoms. The van der Waals surface area contributed by atoms with Crippen LogP contribution >= 0.6 is 24.0 Å². The molecule has 1 aliphatic heterocycles. The minimum atomic E-state index is -2.90. The molecule has 1 aromatic carbocycles. The molecule has 1 aliphatic carbocycles. The lowest BCUT2D eigenvalue weighted by Crippen LogP contribution is -2.55. The monoisotopic (exact) mass is 520 g/mol. The fourth-order valence-electron chi connectivity index (χ4n) is 4.26. The Kier molecular flexibility index (Phi) is 8.57. The van der Waals surface area contributed by atoms with Crippen molar-refractivity contribution in [2.75, 3.05) is 25.1 Å². The van der Waals surface area contributed by atoms with Gasteiger partial charge in [0.25, 0.3) is 0 Å². The standard InChI is InChI=1S/C20H32N4O2S.HI/c1-16(17-8-4-3-5-9-17)24-20(11-6-7-12-20)15-22-19(21-2)23-18-10-13-27(25,26)14-18;/h3-5,8-9,16,18,24H,6-7,10-15H2,1-2H3,(H2,21,22,23);1H.